The molecular weight excluding hydrogens is 292 g/mol. The minimum atomic E-state index is -0.115. The number of carbonyl (C=O) groups is 1. The number of aromatic nitrogens is 3. The van der Waals surface area contributed by atoms with Crippen LogP contribution in [0.25, 0.3) is 0 Å². The second-order valence-electron chi connectivity index (χ2n) is 7.55. The predicted molar refractivity (Wildman–Crippen MR) is 87.6 cm³/mol. The van der Waals surface area contributed by atoms with E-state index in [0.29, 0.717) is 12.3 Å². The molecule has 0 fully saturated rings. The number of hydrogen-bond donors (Lipinski definition) is 1. The molecule has 1 atom stereocenters. The maximum Gasteiger partial charge on any atom is 0.226 e. The summed E-state index contributed by atoms with van der Waals surface area (Å²) in [5, 5.41) is 7.61. The van der Waals surface area contributed by atoms with Crippen LogP contribution in [0.15, 0.2) is 10.7 Å². The van der Waals surface area contributed by atoms with E-state index in [-0.39, 0.29) is 23.2 Å². The zero-order valence-corrected chi connectivity index (χ0v) is 14.6. The van der Waals surface area contributed by atoms with Gasteiger partial charge in [-0.3, -0.25) is 9.48 Å². The lowest BCUT2D eigenvalue weighted by atomic mass is 9.81. The van der Waals surface area contributed by atoms with Crippen LogP contribution in [-0.4, -0.2) is 20.7 Å². The van der Waals surface area contributed by atoms with Gasteiger partial charge in [-0.15, -0.1) is 0 Å². The zero-order valence-electron chi connectivity index (χ0n) is 14.6. The molecule has 2 aromatic rings. The van der Waals surface area contributed by atoms with E-state index in [1.807, 2.05) is 20.9 Å². The van der Waals surface area contributed by atoms with Crippen LogP contribution >= 0.6 is 0 Å². The van der Waals surface area contributed by atoms with Gasteiger partial charge in [-0.2, -0.15) is 5.10 Å². The van der Waals surface area contributed by atoms with Gasteiger partial charge in [0.25, 0.3) is 0 Å². The smallest absolute Gasteiger partial charge is 0.226 e. The van der Waals surface area contributed by atoms with E-state index in [1.54, 1.807) is 10.9 Å². The number of fused-ring (bicyclic) bond motifs is 1. The van der Waals surface area contributed by atoms with Crippen LogP contribution in [0.1, 0.15) is 75.7 Å². The van der Waals surface area contributed by atoms with Gasteiger partial charge in [-0.1, -0.05) is 34.6 Å². The molecule has 3 rings (SSSR count). The highest BCUT2D eigenvalue weighted by Gasteiger charge is 2.37. The van der Waals surface area contributed by atoms with Gasteiger partial charge >= 0.3 is 0 Å². The molecular formula is C17H24N4O2. The molecule has 0 radical (unpaired) electrons. The van der Waals surface area contributed by atoms with Crippen LogP contribution in [-0.2, 0) is 17.3 Å². The molecule has 124 valence electrons. The number of oxazole rings is 1. The van der Waals surface area contributed by atoms with E-state index in [9.17, 15) is 4.79 Å². The van der Waals surface area contributed by atoms with Crippen molar-refractivity contribution in [2.24, 2.45) is 7.05 Å². The monoisotopic (exact) mass is 316 g/mol. The standard InChI is InChI=1S/C17H24N4O2/c1-9(2)16-18-11(8-23-16)10-7-12(22)19-15-13(10)14(17(3,4)5)20-21(15)6/h8-10H,7H2,1-6H3,(H,19,22). The quantitative estimate of drug-likeness (QED) is 0.922. The van der Waals surface area contributed by atoms with Crippen LogP contribution in [0.5, 0.6) is 0 Å². The molecule has 0 spiro atoms. The third kappa shape index (κ3) is 2.66. The van der Waals surface area contributed by atoms with Gasteiger partial charge in [0.15, 0.2) is 5.89 Å². The molecule has 0 bridgehead atoms. The molecule has 0 saturated carbocycles. The number of carbonyl (C=O) groups excluding carboxylic acids is 1. The molecule has 23 heavy (non-hydrogen) atoms. The summed E-state index contributed by atoms with van der Waals surface area (Å²) in [7, 11) is 1.86. The number of nitrogens with zero attached hydrogens (tertiary/aromatic N) is 3. The van der Waals surface area contributed by atoms with Crippen molar-refractivity contribution in [3.8, 4) is 0 Å². The predicted octanol–water partition coefficient (Wildman–Crippen LogP) is 3.30. The first-order valence-corrected chi connectivity index (χ1v) is 8.01. The third-order valence-corrected chi connectivity index (χ3v) is 4.18. The van der Waals surface area contributed by atoms with E-state index in [0.717, 1.165) is 22.8 Å². The van der Waals surface area contributed by atoms with Gasteiger partial charge < -0.3 is 9.73 Å². The van der Waals surface area contributed by atoms with Crippen molar-refractivity contribution in [2.75, 3.05) is 5.32 Å². The number of rotatable bonds is 2. The summed E-state index contributed by atoms with van der Waals surface area (Å²) in [5.74, 6) is 1.56. The minimum Gasteiger partial charge on any atom is -0.448 e. The Morgan fingerprint density at radius 2 is 2.09 bits per heavy atom. The van der Waals surface area contributed by atoms with Gasteiger partial charge in [0.1, 0.15) is 12.1 Å². The summed E-state index contributed by atoms with van der Waals surface area (Å²) in [6, 6.07) is 0. The van der Waals surface area contributed by atoms with Gasteiger partial charge in [-0.05, 0) is 0 Å². The molecule has 0 aliphatic carbocycles. The Labute approximate surface area is 136 Å². The maximum atomic E-state index is 12.2. The fraction of sp³-hybridized carbons (Fsp3) is 0.588. The van der Waals surface area contributed by atoms with Crippen LogP contribution in [0.2, 0.25) is 0 Å². The first-order valence-electron chi connectivity index (χ1n) is 8.01. The molecule has 1 amide bonds. The molecule has 3 heterocycles. The van der Waals surface area contributed by atoms with Crippen molar-refractivity contribution >= 4 is 11.7 Å². The molecule has 1 aliphatic heterocycles. The molecule has 0 saturated heterocycles. The van der Waals surface area contributed by atoms with Crippen LogP contribution in [0.4, 0.5) is 5.82 Å². The third-order valence-electron chi connectivity index (χ3n) is 4.18. The number of hydrogen-bond acceptors (Lipinski definition) is 4. The summed E-state index contributed by atoms with van der Waals surface area (Å²) < 4.78 is 7.35. The highest BCUT2D eigenvalue weighted by molar-refractivity contribution is 5.94. The lowest BCUT2D eigenvalue weighted by Gasteiger charge is -2.25. The van der Waals surface area contributed by atoms with Gasteiger partial charge in [0.05, 0.1) is 11.4 Å². The fourth-order valence-corrected chi connectivity index (χ4v) is 3.02. The van der Waals surface area contributed by atoms with Crippen molar-refractivity contribution in [1.82, 2.24) is 14.8 Å². The first kappa shape index (κ1) is 15.8. The van der Waals surface area contributed by atoms with Crippen molar-refractivity contribution in [3.63, 3.8) is 0 Å². The Morgan fingerprint density at radius 3 is 2.65 bits per heavy atom. The van der Waals surface area contributed by atoms with Gasteiger partial charge in [-0.25, -0.2) is 4.98 Å². The van der Waals surface area contributed by atoms with Crippen LogP contribution in [0, 0.1) is 0 Å². The Morgan fingerprint density at radius 1 is 1.39 bits per heavy atom. The Hall–Kier alpha value is -2.11. The van der Waals surface area contributed by atoms with Crippen molar-refractivity contribution < 1.29 is 9.21 Å². The number of amides is 1. The van der Waals surface area contributed by atoms with Crippen LogP contribution < -0.4 is 5.32 Å². The molecule has 1 N–H and O–H groups in total. The summed E-state index contributed by atoms with van der Waals surface area (Å²) in [4.78, 5) is 16.8. The van der Waals surface area contributed by atoms with Gasteiger partial charge in [0.2, 0.25) is 5.91 Å². The number of anilines is 1. The average Bonchev–Trinajstić information content (AvgIpc) is 3.03. The van der Waals surface area contributed by atoms with Crippen molar-refractivity contribution in [2.45, 2.75) is 58.3 Å². The second-order valence-corrected chi connectivity index (χ2v) is 7.55. The van der Waals surface area contributed by atoms with Crippen molar-refractivity contribution in [3.05, 3.63) is 29.1 Å². The Bertz CT molecular complexity index is 749. The lowest BCUT2D eigenvalue weighted by Crippen LogP contribution is -2.26. The minimum absolute atomic E-state index is 0.0138. The molecule has 2 aromatic heterocycles. The second kappa shape index (κ2) is 5.22. The summed E-state index contributed by atoms with van der Waals surface area (Å²) in [6.45, 7) is 10.5. The van der Waals surface area contributed by atoms with Gasteiger partial charge in [0, 0.05) is 36.3 Å². The molecule has 6 nitrogen and oxygen atoms in total. The highest BCUT2D eigenvalue weighted by atomic mass is 16.3. The highest BCUT2D eigenvalue weighted by Crippen LogP contribution is 2.42. The largest absolute Gasteiger partial charge is 0.448 e. The molecule has 0 aromatic carbocycles. The van der Waals surface area contributed by atoms with E-state index in [1.165, 1.54) is 0 Å². The Balaban J connectivity index is 2.15. The zero-order chi connectivity index (χ0) is 16.9. The maximum absolute atomic E-state index is 12.2. The Kier molecular flexibility index (Phi) is 3.58. The van der Waals surface area contributed by atoms with E-state index in [2.05, 4.69) is 36.2 Å². The fourth-order valence-electron chi connectivity index (χ4n) is 3.02. The summed E-state index contributed by atoms with van der Waals surface area (Å²) in [6.07, 6.45) is 2.05. The van der Waals surface area contributed by atoms with Crippen molar-refractivity contribution in [1.29, 1.82) is 0 Å². The van der Waals surface area contributed by atoms with E-state index >= 15 is 0 Å². The summed E-state index contributed by atoms with van der Waals surface area (Å²) in [5.41, 5.74) is 2.75. The topological polar surface area (TPSA) is 73.0 Å². The molecule has 1 aliphatic rings. The van der Waals surface area contributed by atoms with E-state index < -0.39 is 0 Å². The lowest BCUT2D eigenvalue weighted by molar-refractivity contribution is -0.116. The van der Waals surface area contributed by atoms with E-state index in [4.69, 9.17) is 4.42 Å². The SMILES string of the molecule is CC(C)c1nc(C2CC(=O)Nc3c2c(C(C)(C)C)nn3C)co1. The number of aryl methyl sites for hydroxylation is 1. The molecule has 1 unspecified atom stereocenters. The first-order chi connectivity index (χ1) is 10.7. The normalized spacial score (nSPS) is 18.2. The average molecular weight is 316 g/mol. The van der Waals surface area contributed by atoms with Crippen LogP contribution in [0.3, 0.4) is 0 Å². The summed E-state index contributed by atoms with van der Waals surface area (Å²) >= 11 is 0. The number of nitrogens with one attached hydrogen (secondary N) is 1. The molecule has 6 heteroatoms.